The highest BCUT2D eigenvalue weighted by atomic mass is 16.5. The molecule has 0 atom stereocenters. The van der Waals surface area contributed by atoms with Gasteiger partial charge in [0.05, 0.1) is 31.7 Å². The van der Waals surface area contributed by atoms with Gasteiger partial charge >= 0.3 is 0 Å². The van der Waals surface area contributed by atoms with Crippen molar-refractivity contribution in [1.29, 1.82) is 0 Å². The fourth-order valence-electron chi connectivity index (χ4n) is 3.71. The molecule has 0 bridgehead atoms. The summed E-state index contributed by atoms with van der Waals surface area (Å²) in [7, 11) is 3.13. The average Bonchev–Trinajstić information content (AvgIpc) is 2.86. The average molecular weight is 455 g/mol. The van der Waals surface area contributed by atoms with E-state index in [4.69, 9.17) is 14.2 Å². The summed E-state index contributed by atoms with van der Waals surface area (Å²) in [6.45, 7) is 8.97. The van der Waals surface area contributed by atoms with E-state index in [2.05, 4.69) is 19.2 Å². The molecule has 2 aromatic rings. The molecule has 2 amide bonds. The standard InChI is InChI=1S/C26H34N2O5/c1-17(2)11-12-28-20-15-19(8-10-21(20)33-16-26(3,4)25(28)30)27-24(29)14-18-7-9-22(31-5)23(13-18)32-6/h7-10,13,15,17H,11-12,14,16H2,1-6H3,(H,27,29). The van der Waals surface area contributed by atoms with Gasteiger partial charge in [0.15, 0.2) is 11.5 Å². The third kappa shape index (κ3) is 5.78. The van der Waals surface area contributed by atoms with Crippen LogP contribution < -0.4 is 24.4 Å². The Morgan fingerprint density at radius 3 is 2.52 bits per heavy atom. The van der Waals surface area contributed by atoms with Crippen molar-refractivity contribution in [2.75, 3.05) is 37.6 Å². The Hall–Kier alpha value is -3.22. The molecule has 0 spiro atoms. The molecule has 33 heavy (non-hydrogen) atoms. The van der Waals surface area contributed by atoms with Crippen molar-refractivity contribution in [3.05, 3.63) is 42.0 Å². The minimum absolute atomic E-state index is 0.0238. The first-order valence-corrected chi connectivity index (χ1v) is 11.2. The minimum Gasteiger partial charge on any atom is -0.493 e. The second-order valence-electron chi connectivity index (χ2n) is 9.41. The molecule has 7 heteroatoms. The topological polar surface area (TPSA) is 77.1 Å². The lowest BCUT2D eigenvalue weighted by Gasteiger charge is -2.28. The van der Waals surface area contributed by atoms with Gasteiger partial charge in [-0.05, 0) is 62.1 Å². The Morgan fingerprint density at radius 2 is 1.85 bits per heavy atom. The zero-order valence-electron chi connectivity index (χ0n) is 20.4. The number of amides is 2. The zero-order valence-corrected chi connectivity index (χ0v) is 20.4. The molecule has 0 saturated heterocycles. The summed E-state index contributed by atoms with van der Waals surface area (Å²) >= 11 is 0. The van der Waals surface area contributed by atoms with E-state index in [0.717, 1.165) is 12.0 Å². The van der Waals surface area contributed by atoms with Gasteiger partial charge < -0.3 is 24.4 Å². The Balaban J connectivity index is 1.81. The summed E-state index contributed by atoms with van der Waals surface area (Å²) in [6, 6.07) is 10.8. The molecule has 1 N–H and O–H groups in total. The normalized spacial score (nSPS) is 14.9. The molecule has 1 heterocycles. The highest BCUT2D eigenvalue weighted by Gasteiger charge is 2.37. The fourth-order valence-corrected chi connectivity index (χ4v) is 3.71. The van der Waals surface area contributed by atoms with Gasteiger partial charge in [-0.2, -0.15) is 0 Å². The number of carbonyl (C=O) groups excluding carboxylic acids is 2. The van der Waals surface area contributed by atoms with E-state index >= 15 is 0 Å². The van der Waals surface area contributed by atoms with Gasteiger partial charge in [0.25, 0.3) is 0 Å². The van der Waals surface area contributed by atoms with Crippen LogP contribution in [0.25, 0.3) is 0 Å². The molecule has 0 aromatic heterocycles. The van der Waals surface area contributed by atoms with E-state index < -0.39 is 5.41 Å². The lowest BCUT2D eigenvalue weighted by molar-refractivity contribution is -0.127. The number of fused-ring (bicyclic) bond motifs is 1. The Labute approximate surface area is 196 Å². The lowest BCUT2D eigenvalue weighted by atomic mass is 9.92. The third-order valence-electron chi connectivity index (χ3n) is 5.69. The van der Waals surface area contributed by atoms with E-state index in [1.807, 2.05) is 32.0 Å². The van der Waals surface area contributed by atoms with Gasteiger partial charge in [-0.15, -0.1) is 0 Å². The van der Waals surface area contributed by atoms with E-state index in [0.29, 0.717) is 47.7 Å². The molecular weight excluding hydrogens is 420 g/mol. The van der Waals surface area contributed by atoms with Crippen LogP contribution in [0.5, 0.6) is 17.2 Å². The number of hydrogen-bond donors (Lipinski definition) is 1. The van der Waals surface area contributed by atoms with Crippen LogP contribution in [0.1, 0.15) is 39.7 Å². The summed E-state index contributed by atoms with van der Waals surface area (Å²) in [5.41, 5.74) is 1.48. The summed E-state index contributed by atoms with van der Waals surface area (Å²) < 4.78 is 16.5. The maximum Gasteiger partial charge on any atom is 0.236 e. The van der Waals surface area contributed by atoms with Gasteiger partial charge in [0.1, 0.15) is 12.4 Å². The van der Waals surface area contributed by atoms with Crippen molar-refractivity contribution in [1.82, 2.24) is 0 Å². The maximum absolute atomic E-state index is 13.3. The van der Waals surface area contributed by atoms with Crippen LogP contribution in [0.15, 0.2) is 36.4 Å². The quantitative estimate of drug-likeness (QED) is 0.627. The first-order valence-electron chi connectivity index (χ1n) is 11.2. The summed E-state index contributed by atoms with van der Waals surface area (Å²) in [5, 5.41) is 2.94. The second kappa shape index (κ2) is 10.1. The van der Waals surface area contributed by atoms with Gasteiger partial charge in [-0.3, -0.25) is 9.59 Å². The highest BCUT2D eigenvalue weighted by Crippen LogP contribution is 2.38. The molecule has 1 aliphatic rings. The van der Waals surface area contributed by atoms with Crippen LogP contribution in [-0.4, -0.2) is 39.2 Å². The molecule has 0 fully saturated rings. The molecule has 178 valence electrons. The molecular formula is C26H34N2O5. The third-order valence-corrected chi connectivity index (χ3v) is 5.69. The van der Waals surface area contributed by atoms with E-state index in [-0.39, 0.29) is 18.2 Å². The van der Waals surface area contributed by atoms with Crippen LogP contribution in [-0.2, 0) is 16.0 Å². The minimum atomic E-state index is -0.632. The number of nitrogens with one attached hydrogen (secondary N) is 1. The predicted molar refractivity (Wildman–Crippen MR) is 129 cm³/mol. The number of carbonyl (C=O) groups is 2. The smallest absolute Gasteiger partial charge is 0.236 e. The molecule has 2 aromatic carbocycles. The van der Waals surface area contributed by atoms with Gasteiger partial charge in [0.2, 0.25) is 11.8 Å². The second-order valence-corrected chi connectivity index (χ2v) is 9.41. The Morgan fingerprint density at radius 1 is 1.12 bits per heavy atom. The monoisotopic (exact) mass is 454 g/mol. The summed E-state index contributed by atoms with van der Waals surface area (Å²) in [4.78, 5) is 27.8. The highest BCUT2D eigenvalue weighted by molar-refractivity contribution is 6.00. The fraction of sp³-hybridized carbons (Fsp3) is 0.462. The summed E-state index contributed by atoms with van der Waals surface area (Å²) in [5.74, 6) is 2.15. The van der Waals surface area contributed by atoms with Crippen LogP contribution in [0.2, 0.25) is 0 Å². The van der Waals surface area contributed by atoms with Crippen molar-refractivity contribution in [2.45, 2.75) is 40.5 Å². The maximum atomic E-state index is 13.3. The molecule has 0 saturated carbocycles. The first-order chi connectivity index (χ1) is 15.6. The number of nitrogens with zero attached hydrogens (tertiary/aromatic N) is 1. The number of rotatable bonds is 8. The number of hydrogen-bond acceptors (Lipinski definition) is 5. The van der Waals surface area contributed by atoms with Crippen molar-refractivity contribution >= 4 is 23.2 Å². The van der Waals surface area contributed by atoms with E-state index in [1.165, 1.54) is 0 Å². The molecule has 1 aliphatic heterocycles. The number of methoxy groups -OCH3 is 2. The van der Waals surface area contributed by atoms with Crippen LogP contribution in [0.3, 0.4) is 0 Å². The Kier molecular flexibility index (Phi) is 7.51. The molecule has 7 nitrogen and oxygen atoms in total. The van der Waals surface area contributed by atoms with Gasteiger partial charge in [0, 0.05) is 12.2 Å². The van der Waals surface area contributed by atoms with E-state index in [9.17, 15) is 9.59 Å². The van der Waals surface area contributed by atoms with Crippen molar-refractivity contribution in [3.8, 4) is 17.2 Å². The van der Waals surface area contributed by atoms with Gasteiger partial charge in [-0.1, -0.05) is 19.9 Å². The number of benzene rings is 2. The largest absolute Gasteiger partial charge is 0.493 e. The van der Waals surface area contributed by atoms with Crippen molar-refractivity contribution < 1.29 is 23.8 Å². The molecule has 0 radical (unpaired) electrons. The van der Waals surface area contributed by atoms with Crippen LogP contribution >= 0.6 is 0 Å². The van der Waals surface area contributed by atoms with Crippen molar-refractivity contribution in [3.63, 3.8) is 0 Å². The lowest BCUT2D eigenvalue weighted by Crippen LogP contribution is -2.42. The van der Waals surface area contributed by atoms with Crippen LogP contribution in [0.4, 0.5) is 11.4 Å². The number of ether oxygens (including phenoxy) is 3. The molecule has 0 aliphatic carbocycles. The number of anilines is 2. The van der Waals surface area contributed by atoms with Crippen LogP contribution in [0, 0.1) is 11.3 Å². The van der Waals surface area contributed by atoms with E-state index in [1.54, 1.807) is 37.3 Å². The molecule has 0 unspecified atom stereocenters. The van der Waals surface area contributed by atoms with Gasteiger partial charge in [-0.25, -0.2) is 0 Å². The molecule has 3 rings (SSSR count). The Bertz CT molecular complexity index is 1020. The zero-order chi connectivity index (χ0) is 24.2. The van der Waals surface area contributed by atoms with Crippen molar-refractivity contribution in [2.24, 2.45) is 11.3 Å². The SMILES string of the molecule is COc1ccc(CC(=O)Nc2ccc3c(c2)N(CCC(C)C)C(=O)C(C)(C)CO3)cc1OC. The predicted octanol–water partition coefficient (Wildman–Crippen LogP) is 4.68. The first kappa shape index (κ1) is 24.4. The summed E-state index contributed by atoms with van der Waals surface area (Å²) in [6.07, 6.45) is 1.05.